The van der Waals surface area contributed by atoms with Crippen LogP contribution in [0.4, 0.5) is 4.79 Å². The highest BCUT2D eigenvalue weighted by atomic mass is 35.5. The van der Waals surface area contributed by atoms with Gasteiger partial charge in [0.15, 0.2) is 0 Å². The third kappa shape index (κ3) is 3.75. The van der Waals surface area contributed by atoms with E-state index in [-0.39, 0.29) is 18.5 Å². The molecule has 0 aromatic carbocycles. The van der Waals surface area contributed by atoms with Gasteiger partial charge >= 0.3 is 6.09 Å². The first-order valence-corrected chi connectivity index (χ1v) is 6.12. The van der Waals surface area contributed by atoms with Gasteiger partial charge < -0.3 is 15.4 Å². The lowest BCUT2D eigenvalue weighted by Gasteiger charge is -2.33. The fraction of sp³-hybridized carbons (Fsp3) is 0.917. The lowest BCUT2D eigenvalue weighted by atomic mass is 9.90. The molecular weight excluding hydrogens is 240 g/mol. The van der Waals surface area contributed by atoms with Crippen molar-refractivity contribution >= 4 is 18.5 Å². The van der Waals surface area contributed by atoms with Crippen LogP contribution >= 0.6 is 12.4 Å². The van der Waals surface area contributed by atoms with Gasteiger partial charge in [0.1, 0.15) is 5.60 Å². The third-order valence-corrected chi connectivity index (χ3v) is 3.41. The maximum absolute atomic E-state index is 11.7. The molecule has 17 heavy (non-hydrogen) atoms. The average molecular weight is 263 g/mol. The molecular formula is C12H23ClN2O2. The predicted octanol–water partition coefficient (Wildman–Crippen LogP) is 2.07. The monoisotopic (exact) mass is 262 g/mol. The SMILES string of the molecule is CC(C)(C)OC(=O)NC1CCNCC12CC2.Cl. The van der Waals surface area contributed by atoms with Crippen LogP contribution < -0.4 is 10.6 Å². The second-order valence-electron chi connectivity index (χ2n) is 6.03. The number of ether oxygens (including phenoxy) is 1. The van der Waals surface area contributed by atoms with Crippen molar-refractivity contribution in [2.45, 2.75) is 51.7 Å². The highest BCUT2D eigenvalue weighted by Crippen LogP contribution is 2.50. The zero-order valence-corrected chi connectivity index (χ0v) is 11.7. The van der Waals surface area contributed by atoms with Crippen LogP contribution in [0, 0.1) is 5.41 Å². The Kier molecular flexibility index (Phi) is 4.31. The van der Waals surface area contributed by atoms with E-state index in [9.17, 15) is 4.79 Å². The molecule has 1 aliphatic carbocycles. The van der Waals surface area contributed by atoms with E-state index in [0.29, 0.717) is 11.5 Å². The first-order valence-electron chi connectivity index (χ1n) is 6.12. The van der Waals surface area contributed by atoms with Crippen LogP contribution in [0.25, 0.3) is 0 Å². The van der Waals surface area contributed by atoms with Gasteiger partial charge in [-0.3, -0.25) is 0 Å². The second kappa shape index (κ2) is 5.02. The van der Waals surface area contributed by atoms with E-state index in [0.717, 1.165) is 19.5 Å². The van der Waals surface area contributed by atoms with Crippen LogP contribution in [0.3, 0.4) is 0 Å². The highest BCUT2D eigenvalue weighted by molar-refractivity contribution is 5.85. The largest absolute Gasteiger partial charge is 0.444 e. The number of piperidine rings is 1. The number of halogens is 1. The van der Waals surface area contributed by atoms with Crippen LogP contribution in [-0.2, 0) is 4.74 Å². The number of carbonyl (C=O) groups excluding carboxylic acids is 1. The zero-order valence-electron chi connectivity index (χ0n) is 10.8. The molecule has 0 aromatic heterocycles. The zero-order chi connectivity index (χ0) is 11.8. The molecule has 2 fully saturated rings. The van der Waals surface area contributed by atoms with Gasteiger partial charge in [0.05, 0.1) is 0 Å². The molecule has 2 rings (SSSR count). The number of hydrogen-bond acceptors (Lipinski definition) is 3. The molecule has 0 radical (unpaired) electrons. The summed E-state index contributed by atoms with van der Waals surface area (Å²) >= 11 is 0. The van der Waals surface area contributed by atoms with Crippen LogP contribution in [0.15, 0.2) is 0 Å². The molecule has 0 aromatic rings. The van der Waals surface area contributed by atoms with Crippen molar-refractivity contribution in [3.8, 4) is 0 Å². The molecule has 2 N–H and O–H groups in total. The minimum absolute atomic E-state index is 0. The van der Waals surface area contributed by atoms with Gasteiger partial charge in [-0.05, 0) is 46.6 Å². The van der Waals surface area contributed by atoms with E-state index in [4.69, 9.17) is 4.74 Å². The number of nitrogens with one attached hydrogen (secondary N) is 2. The summed E-state index contributed by atoms with van der Waals surface area (Å²) in [7, 11) is 0. The second-order valence-corrected chi connectivity index (χ2v) is 6.03. The van der Waals surface area contributed by atoms with Gasteiger partial charge in [-0.1, -0.05) is 0 Å². The van der Waals surface area contributed by atoms with E-state index in [1.54, 1.807) is 0 Å². The Balaban J connectivity index is 0.00000144. The van der Waals surface area contributed by atoms with Crippen molar-refractivity contribution in [3.05, 3.63) is 0 Å². The van der Waals surface area contributed by atoms with Crippen LogP contribution in [0.1, 0.15) is 40.0 Å². The lowest BCUT2D eigenvalue weighted by Crippen LogP contribution is -2.51. The van der Waals surface area contributed by atoms with E-state index in [1.165, 1.54) is 12.8 Å². The maximum atomic E-state index is 11.7. The summed E-state index contributed by atoms with van der Waals surface area (Å²) < 4.78 is 5.29. The smallest absolute Gasteiger partial charge is 0.407 e. The molecule has 1 saturated carbocycles. The predicted molar refractivity (Wildman–Crippen MR) is 69.6 cm³/mol. The third-order valence-electron chi connectivity index (χ3n) is 3.41. The Bertz CT molecular complexity index is 285. The Morgan fingerprint density at radius 3 is 2.59 bits per heavy atom. The van der Waals surface area contributed by atoms with E-state index >= 15 is 0 Å². The van der Waals surface area contributed by atoms with Crippen molar-refractivity contribution in [2.75, 3.05) is 13.1 Å². The Labute approximate surface area is 109 Å². The van der Waals surface area contributed by atoms with Gasteiger partial charge in [-0.25, -0.2) is 4.79 Å². The van der Waals surface area contributed by atoms with Crippen molar-refractivity contribution in [1.82, 2.24) is 10.6 Å². The van der Waals surface area contributed by atoms with Gasteiger partial charge in [0.25, 0.3) is 0 Å². The van der Waals surface area contributed by atoms with Gasteiger partial charge in [-0.15, -0.1) is 12.4 Å². The topological polar surface area (TPSA) is 50.4 Å². The summed E-state index contributed by atoms with van der Waals surface area (Å²) in [6.07, 6.45) is 3.19. The fourth-order valence-electron chi connectivity index (χ4n) is 2.37. The Hall–Kier alpha value is -0.480. The standard InChI is InChI=1S/C12H22N2O2.ClH/c1-11(2,3)16-10(15)14-9-4-7-13-8-12(9)5-6-12;/h9,13H,4-8H2,1-3H3,(H,14,15);1H. The molecule has 1 unspecified atom stereocenters. The molecule has 1 saturated heterocycles. The summed E-state index contributed by atoms with van der Waals surface area (Å²) in [6.45, 7) is 7.70. The number of alkyl carbamates (subject to hydrolysis) is 1. The highest BCUT2D eigenvalue weighted by Gasteiger charge is 2.51. The minimum Gasteiger partial charge on any atom is -0.444 e. The molecule has 5 heteroatoms. The van der Waals surface area contributed by atoms with E-state index in [1.807, 2.05) is 20.8 Å². The fourth-order valence-corrected chi connectivity index (χ4v) is 2.37. The van der Waals surface area contributed by atoms with Crippen molar-refractivity contribution in [1.29, 1.82) is 0 Å². The quantitative estimate of drug-likeness (QED) is 0.761. The van der Waals surface area contributed by atoms with Crippen molar-refractivity contribution in [2.24, 2.45) is 5.41 Å². The Morgan fingerprint density at radius 2 is 2.06 bits per heavy atom. The average Bonchev–Trinajstić information content (AvgIpc) is 2.87. The molecule has 100 valence electrons. The van der Waals surface area contributed by atoms with Crippen LogP contribution in [0.2, 0.25) is 0 Å². The number of rotatable bonds is 1. The van der Waals surface area contributed by atoms with Gasteiger partial charge in [-0.2, -0.15) is 0 Å². The number of hydrogen-bond donors (Lipinski definition) is 2. The van der Waals surface area contributed by atoms with Gasteiger partial charge in [0.2, 0.25) is 0 Å². The first-order chi connectivity index (χ1) is 7.41. The van der Waals surface area contributed by atoms with Crippen molar-refractivity contribution < 1.29 is 9.53 Å². The molecule has 1 atom stereocenters. The summed E-state index contributed by atoms with van der Waals surface area (Å²) in [5, 5.41) is 6.42. The molecule has 1 heterocycles. The molecule has 1 amide bonds. The van der Waals surface area contributed by atoms with Gasteiger partial charge in [0, 0.05) is 18.0 Å². The molecule has 1 spiro atoms. The summed E-state index contributed by atoms with van der Waals surface area (Å²) in [5.41, 5.74) is -0.0805. The van der Waals surface area contributed by atoms with Crippen LogP contribution in [0.5, 0.6) is 0 Å². The molecule has 1 aliphatic heterocycles. The van der Waals surface area contributed by atoms with Crippen LogP contribution in [-0.4, -0.2) is 30.8 Å². The first kappa shape index (κ1) is 14.6. The van der Waals surface area contributed by atoms with E-state index < -0.39 is 5.60 Å². The van der Waals surface area contributed by atoms with Crippen molar-refractivity contribution in [3.63, 3.8) is 0 Å². The summed E-state index contributed by atoms with van der Waals surface area (Å²) in [4.78, 5) is 11.7. The molecule has 2 aliphatic rings. The summed E-state index contributed by atoms with van der Waals surface area (Å²) in [6, 6.07) is 0.295. The Morgan fingerprint density at radius 1 is 1.41 bits per heavy atom. The molecule has 4 nitrogen and oxygen atoms in total. The van der Waals surface area contributed by atoms with E-state index in [2.05, 4.69) is 10.6 Å². The normalized spacial score (nSPS) is 25.9. The lowest BCUT2D eigenvalue weighted by molar-refractivity contribution is 0.0465. The maximum Gasteiger partial charge on any atom is 0.407 e. The molecule has 0 bridgehead atoms. The number of amides is 1. The minimum atomic E-state index is -0.409. The summed E-state index contributed by atoms with van der Waals surface area (Å²) in [5.74, 6) is 0. The number of carbonyl (C=O) groups is 1.